The molecule has 1 saturated heterocycles. The molecular weight excluding hydrogens is 300 g/mol. The molecule has 7 rings (SSSR count). The fourth-order valence-electron chi connectivity index (χ4n) is 7.78. The van der Waals surface area contributed by atoms with Crippen LogP contribution in [0.2, 0.25) is 0 Å². The number of hydrogen-bond acceptors (Lipinski definition) is 2. The van der Waals surface area contributed by atoms with Crippen LogP contribution < -0.4 is 5.32 Å². The Bertz CT molecular complexity index is 582. The molecular formula is C20H30N2O2. The Morgan fingerprint density at radius 2 is 1.75 bits per heavy atom. The standard InChI is InChI=1S/C20H30N2O2/c1-19(14-2-3-14)17(21-18(23)22(19)15-4-5-15)16-12-6-11-7-13(16)10-20(24,8-11)9-12/h11-17,24H,2-10H2,1H3,(H,21,23). The fourth-order valence-corrected chi connectivity index (χ4v) is 7.78. The summed E-state index contributed by atoms with van der Waals surface area (Å²) in [6.45, 7) is 2.39. The van der Waals surface area contributed by atoms with Gasteiger partial charge >= 0.3 is 6.03 Å². The van der Waals surface area contributed by atoms with Crippen molar-refractivity contribution in [1.82, 2.24) is 10.2 Å². The summed E-state index contributed by atoms with van der Waals surface area (Å²) in [5, 5.41) is 14.4. The summed E-state index contributed by atoms with van der Waals surface area (Å²) in [7, 11) is 0. The number of carbonyl (C=O) groups excluding carboxylic acids is 1. The Morgan fingerprint density at radius 3 is 2.29 bits per heavy atom. The summed E-state index contributed by atoms with van der Waals surface area (Å²) in [4.78, 5) is 15.2. The summed E-state index contributed by atoms with van der Waals surface area (Å²) in [5.74, 6) is 3.29. The van der Waals surface area contributed by atoms with E-state index >= 15 is 0 Å². The van der Waals surface area contributed by atoms with Gasteiger partial charge in [0, 0.05) is 6.04 Å². The number of carbonyl (C=O) groups is 1. The minimum atomic E-state index is -0.373. The molecule has 4 unspecified atom stereocenters. The highest BCUT2D eigenvalue weighted by atomic mass is 16.3. The van der Waals surface area contributed by atoms with Crippen LogP contribution in [-0.4, -0.2) is 39.3 Å². The van der Waals surface area contributed by atoms with Crippen molar-refractivity contribution in [1.29, 1.82) is 0 Å². The highest BCUT2D eigenvalue weighted by molar-refractivity contribution is 5.80. The third kappa shape index (κ3) is 1.76. The minimum absolute atomic E-state index is 0.0287. The van der Waals surface area contributed by atoms with E-state index in [0.717, 1.165) is 25.2 Å². The van der Waals surface area contributed by atoms with Gasteiger partial charge in [-0.25, -0.2) is 4.79 Å². The lowest BCUT2D eigenvalue weighted by Crippen LogP contribution is -2.63. The van der Waals surface area contributed by atoms with Gasteiger partial charge in [0.2, 0.25) is 0 Å². The van der Waals surface area contributed by atoms with E-state index in [1.807, 2.05) is 0 Å². The van der Waals surface area contributed by atoms with Crippen LogP contribution in [0.15, 0.2) is 0 Å². The molecule has 0 radical (unpaired) electrons. The molecule has 0 aromatic carbocycles. The number of hydrogen-bond donors (Lipinski definition) is 2. The first kappa shape index (κ1) is 14.4. The summed E-state index contributed by atoms with van der Waals surface area (Å²) in [6, 6.07) is 1.03. The van der Waals surface area contributed by atoms with Crippen LogP contribution in [-0.2, 0) is 0 Å². The molecule has 4 heteroatoms. The van der Waals surface area contributed by atoms with Crippen molar-refractivity contribution in [3.05, 3.63) is 0 Å². The van der Waals surface area contributed by atoms with Crippen molar-refractivity contribution in [2.75, 3.05) is 0 Å². The van der Waals surface area contributed by atoms with Crippen molar-refractivity contribution < 1.29 is 9.90 Å². The second-order valence-electron chi connectivity index (χ2n) is 10.3. The molecule has 6 aliphatic carbocycles. The maximum Gasteiger partial charge on any atom is 0.318 e. The van der Waals surface area contributed by atoms with Gasteiger partial charge in [0.15, 0.2) is 0 Å². The third-order valence-electron chi connectivity index (χ3n) is 8.66. The third-order valence-corrected chi connectivity index (χ3v) is 8.66. The molecule has 1 aliphatic heterocycles. The van der Waals surface area contributed by atoms with Gasteiger partial charge in [0.25, 0.3) is 0 Å². The average molecular weight is 330 g/mol. The molecule has 4 bridgehead atoms. The van der Waals surface area contributed by atoms with Crippen molar-refractivity contribution in [3.8, 4) is 0 Å². The number of amides is 2. The van der Waals surface area contributed by atoms with Crippen LogP contribution in [0.1, 0.15) is 64.7 Å². The lowest BCUT2D eigenvalue weighted by Gasteiger charge is -2.60. The second-order valence-corrected chi connectivity index (χ2v) is 10.3. The van der Waals surface area contributed by atoms with Crippen LogP contribution in [0.4, 0.5) is 4.79 Å². The van der Waals surface area contributed by atoms with Gasteiger partial charge in [-0.15, -0.1) is 0 Å². The van der Waals surface area contributed by atoms with E-state index in [2.05, 4.69) is 17.1 Å². The zero-order chi connectivity index (χ0) is 16.3. The van der Waals surface area contributed by atoms with Crippen LogP contribution in [0, 0.1) is 29.6 Å². The van der Waals surface area contributed by atoms with Crippen molar-refractivity contribution >= 4 is 6.03 Å². The van der Waals surface area contributed by atoms with Gasteiger partial charge in [-0.05, 0) is 94.3 Å². The summed E-state index contributed by atoms with van der Waals surface area (Å²) >= 11 is 0. The van der Waals surface area contributed by atoms with Crippen LogP contribution in [0.5, 0.6) is 0 Å². The molecule has 132 valence electrons. The number of urea groups is 1. The van der Waals surface area contributed by atoms with E-state index in [0.29, 0.717) is 35.8 Å². The predicted molar refractivity (Wildman–Crippen MR) is 90.3 cm³/mol. The molecule has 2 N–H and O–H groups in total. The smallest absolute Gasteiger partial charge is 0.318 e. The van der Waals surface area contributed by atoms with Crippen molar-refractivity contribution in [2.45, 2.75) is 87.9 Å². The molecule has 4 nitrogen and oxygen atoms in total. The quantitative estimate of drug-likeness (QED) is 0.836. The SMILES string of the molecule is CC1(C2CC2)C(C2C3CC4CC2CC(O)(C4)C3)NC(=O)N1C1CC1. The molecule has 7 fully saturated rings. The molecule has 2 amide bonds. The van der Waals surface area contributed by atoms with Crippen LogP contribution in [0.3, 0.4) is 0 Å². The molecule has 7 aliphatic rings. The Balaban J connectivity index is 1.38. The van der Waals surface area contributed by atoms with Gasteiger partial charge < -0.3 is 15.3 Å². The average Bonchev–Trinajstić information content (AvgIpc) is 3.37. The fraction of sp³-hybridized carbons (Fsp3) is 0.950. The molecule has 1 heterocycles. The Kier molecular flexibility index (Phi) is 2.59. The monoisotopic (exact) mass is 330 g/mol. The van der Waals surface area contributed by atoms with E-state index in [4.69, 9.17) is 0 Å². The van der Waals surface area contributed by atoms with E-state index in [1.54, 1.807) is 0 Å². The number of rotatable bonds is 3. The lowest BCUT2D eigenvalue weighted by atomic mass is 9.47. The second kappa shape index (κ2) is 4.31. The summed E-state index contributed by atoms with van der Waals surface area (Å²) in [6.07, 6.45) is 10.6. The number of nitrogens with one attached hydrogen (secondary N) is 1. The Morgan fingerprint density at radius 1 is 1.08 bits per heavy atom. The van der Waals surface area contributed by atoms with Crippen LogP contribution >= 0.6 is 0 Å². The maximum absolute atomic E-state index is 12.9. The molecule has 0 aromatic rings. The van der Waals surface area contributed by atoms with Gasteiger partial charge in [-0.2, -0.15) is 0 Å². The van der Waals surface area contributed by atoms with Gasteiger partial charge in [-0.1, -0.05) is 0 Å². The summed E-state index contributed by atoms with van der Waals surface area (Å²) in [5.41, 5.74) is -0.345. The Labute approximate surface area is 144 Å². The van der Waals surface area contributed by atoms with Crippen molar-refractivity contribution in [2.24, 2.45) is 29.6 Å². The van der Waals surface area contributed by atoms with E-state index in [1.165, 1.54) is 38.5 Å². The molecule has 0 aromatic heterocycles. The molecule has 0 spiro atoms. The van der Waals surface area contributed by atoms with E-state index in [-0.39, 0.29) is 17.2 Å². The first-order chi connectivity index (χ1) is 11.5. The highest BCUT2D eigenvalue weighted by Gasteiger charge is 2.66. The Hall–Kier alpha value is -0.770. The topological polar surface area (TPSA) is 52.6 Å². The van der Waals surface area contributed by atoms with Crippen LogP contribution in [0.25, 0.3) is 0 Å². The zero-order valence-electron chi connectivity index (χ0n) is 14.7. The molecule has 24 heavy (non-hydrogen) atoms. The maximum atomic E-state index is 12.9. The number of aliphatic hydroxyl groups is 1. The summed E-state index contributed by atoms with van der Waals surface area (Å²) < 4.78 is 0. The zero-order valence-corrected chi connectivity index (χ0v) is 14.7. The van der Waals surface area contributed by atoms with E-state index in [9.17, 15) is 9.90 Å². The predicted octanol–water partition coefficient (Wildman–Crippen LogP) is 2.90. The highest BCUT2D eigenvalue weighted by Crippen LogP contribution is 2.62. The largest absolute Gasteiger partial charge is 0.390 e. The molecule has 4 atom stereocenters. The first-order valence-corrected chi connectivity index (χ1v) is 10.3. The normalized spacial score (nSPS) is 56.0. The molecule has 6 saturated carbocycles. The first-order valence-electron chi connectivity index (χ1n) is 10.3. The van der Waals surface area contributed by atoms with Gasteiger partial charge in [0.1, 0.15) is 0 Å². The minimum Gasteiger partial charge on any atom is -0.390 e. The van der Waals surface area contributed by atoms with Crippen molar-refractivity contribution in [3.63, 3.8) is 0 Å². The van der Waals surface area contributed by atoms with Gasteiger partial charge in [0.05, 0.1) is 17.2 Å². The van der Waals surface area contributed by atoms with E-state index < -0.39 is 0 Å². The lowest BCUT2D eigenvalue weighted by molar-refractivity contribution is -0.162. The van der Waals surface area contributed by atoms with Gasteiger partial charge in [-0.3, -0.25) is 0 Å². The number of nitrogens with zero attached hydrogens (tertiary/aromatic N) is 1.